The first kappa shape index (κ1) is 12.4. The molecule has 2 aromatic heterocycles. The molecule has 2 heterocycles. The Balaban J connectivity index is 2.06. The molecule has 0 spiro atoms. The van der Waals surface area contributed by atoms with Gasteiger partial charge in [0.25, 0.3) is 0 Å². The maximum Gasteiger partial charge on any atom is 0.191 e. The largest absolute Gasteiger partial charge is 0.492 e. The summed E-state index contributed by atoms with van der Waals surface area (Å²) in [5.74, 6) is 0.626. The first-order chi connectivity index (χ1) is 9.69. The molecule has 0 aliphatic heterocycles. The molecular formula is C14H13FN4O. The van der Waals surface area contributed by atoms with Crippen molar-refractivity contribution in [3.63, 3.8) is 0 Å². The molecule has 0 radical (unpaired) electrons. The zero-order valence-electron chi connectivity index (χ0n) is 10.9. The van der Waals surface area contributed by atoms with E-state index < -0.39 is 5.82 Å². The summed E-state index contributed by atoms with van der Waals surface area (Å²) < 4.78 is 20.4. The van der Waals surface area contributed by atoms with Crippen molar-refractivity contribution in [2.24, 2.45) is 0 Å². The van der Waals surface area contributed by atoms with Gasteiger partial charge in [-0.3, -0.25) is 0 Å². The number of nitrogens with zero attached hydrogens (tertiary/aromatic N) is 3. The number of halogens is 1. The van der Waals surface area contributed by atoms with Crippen molar-refractivity contribution in [1.29, 1.82) is 0 Å². The molecule has 20 heavy (non-hydrogen) atoms. The van der Waals surface area contributed by atoms with Crippen molar-refractivity contribution >= 4 is 11.3 Å². The van der Waals surface area contributed by atoms with E-state index >= 15 is 0 Å². The highest BCUT2D eigenvalue weighted by molar-refractivity contribution is 5.67. The Labute approximate surface area is 114 Å². The Bertz CT molecular complexity index is 769. The third kappa shape index (κ3) is 2.05. The number of anilines is 1. The molecule has 0 saturated heterocycles. The van der Waals surface area contributed by atoms with Crippen molar-refractivity contribution in [2.75, 3.05) is 12.3 Å². The molecule has 1 aromatic carbocycles. The first-order valence-electron chi connectivity index (χ1n) is 6.22. The van der Waals surface area contributed by atoms with Gasteiger partial charge in [-0.15, -0.1) is 5.10 Å². The van der Waals surface area contributed by atoms with Crippen molar-refractivity contribution in [3.05, 3.63) is 42.3 Å². The maximum atomic E-state index is 13.6. The molecule has 5 nitrogen and oxygen atoms in total. The fourth-order valence-electron chi connectivity index (χ4n) is 1.97. The quantitative estimate of drug-likeness (QED) is 0.744. The van der Waals surface area contributed by atoms with Crippen molar-refractivity contribution < 1.29 is 9.13 Å². The van der Waals surface area contributed by atoms with E-state index in [4.69, 9.17) is 10.5 Å². The van der Waals surface area contributed by atoms with Crippen LogP contribution >= 0.6 is 0 Å². The number of aromatic nitrogens is 3. The average Bonchev–Trinajstić information content (AvgIpc) is 2.87. The SMILES string of the molecule is CCOc1ccc(-c2nc3c(F)cccn3n2)cc1N. The monoisotopic (exact) mass is 272 g/mol. The van der Waals surface area contributed by atoms with Crippen LogP contribution in [0.25, 0.3) is 17.0 Å². The predicted molar refractivity (Wildman–Crippen MR) is 74.0 cm³/mol. The summed E-state index contributed by atoms with van der Waals surface area (Å²) in [5, 5.41) is 4.23. The van der Waals surface area contributed by atoms with Crippen molar-refractivity contribution in [2.45, 2.75) is 6.92 Å². The summed E-state index contributed by atoms with van der Waals surface area (Å²) in [6.45, 7) is 2.43. The molecule has 3 rings (SSSR count). The fourth-order valence-corrected chi connectivity index (χ4v) is 1.97. The topological polar surface area (TPSA) is 65.4 Å². The van der Waals surface area contributed by atoms with Crippen LogP contribution in [-0.2, 0) is 0 Å². The molecule has 0 unspecified atom stereocenters. The lowest BCUT2D eigenvalue weighted by Gasteiger charge is -2.07. The molecule has 0 atom stereocenters. The van der Waals surface area contributed by atoms with E-state index in [2.05, 4.69) is 10.1 Å². The first-order valence-corrected chi connectivity index (χ1v) is 6.22. The fraction of sp³-hybridized carbons (Fsp3) is 0.143. The zero-order valence-corrected chi connectivity index (χ0v) is 10.9. The summed E-state index contributed by atoms with van der Waals surface area (Å²) >= 11 is 0. The number of hydrogen-bond acceptors (Lipinski definition) is 4. The Morgan fingerprint density at radius 2 is 2.20 bits per heavy atom. The highest BCUT2D eigenvalue weighted by Gasteiger charge is 2.11. The molecular weight excluding hydrogens is 259 g/mol. The molecule has 2 N–H and O–H groups in total. The van der Waals surface area contributed by atoms with Crippen molar-refractivity contribution in [3.8, 4) is 17.1 Å². The van der Waals surface area contributed by atoms with Crippen LogP contribution in [0.15, 0.2) is 36.5 Å². The summed E-state index contributed by atoms with van der Waals surface area (Å²) in [4.78, 5) is 4.18. The number of nitrogens with two attached hydrogens (primary N) is 1. The van der Waals surface area contributed by atoms with E-state index in [1.54, 1.807) is 30.5 Å². The van der Waals surface area contributed by atoms with Gasteiger partial charge in [0.2, 0.25) is 0 Å². The molecule has 0 aliphatic carbocycles. The summed E-state index contributed by atoms with van der Waals surface area (Å²) in [6, 6.07) is 8.20. The van der Waals surface area contributed by atoms with Gasteiger partial charge in [0.05, 0.1) is 12.3 Å². The molecule has 0 fully saturated rings. The van der Waals surface area contributed by atoms with Gasteiger partial charge in [-0.1, -0.05) is 0 Å². The second-order valence-corrected chi connectivity index (χ2v) is 4.25. The highest BCUT2D eigenvalue weighted by atomic mass is 19.1. The highest BCUT2D eigenvalue weighted by Crippen LogP contribution is 2.27. The third-order valence-corrected chi connectivity index (χ3v) is 2.88. The molecule has 0 aliphatic rings. The molecule has 102 valence electrons. The van der Waals surface area contributed by atoms with E-state index in [1.165, 1.54) is 10.6 Å². The second kappa shape index (κ2) is 4.80. The summed E-state index contributed by atoms with van der Waals surface area (Å²) in [6.07, 6.45) is 1.65. The van der Waals surface area contributed by atoms with Gasteiger partial charge in [-0.05, 0) is 37.3 Å². The van der Waals surface area contributed by atoms with Crippen LogP contribution in [-0.4, -0.2) is 21.2 Å². The number of pyridine rings is 1. The minimum Gasteiger partial charge on any atom is -0.492 e. The molecule has 6 heteroatoms. The lowest BCUT2D eigenvalue weighted by atomic mass is 10.2. The van der Waals surface area contributed by atoms with E-state index in [9.17, 15) is 4.39 Å². The van der Waals surface area contributed by atoms with Gasteiger partial charge >= 0.3 is 0 Å². The minimum atomic E-state index is -0.412. The Kier molecular flexibility index (Phi) is 2.98. The van der Waals surface area contributed by atoms with Crippen LogP contribution < -0.4 is 10.5 Å². The van der Waals surface area contributed by atoms with E-state index in [0.29, 0.717) is 29.4 Å². The number of hydrogen-bond donors (Lipinski definition) is 1. The number of ether oxygens (including phenoxy) is 1. The third-order valence-electron chi connectivity index (χ3n) is 2.88. The minimum absolute atomic E-state index is 0.190. The number of fused-ring (bicyclic) bond motifs is 1. The number of benzene rings is 1. The van der Waals surface area contributed by atoms with E-state index in [1.807, 2.05) is 6.92 Å². The second-order valence-electron chi connectivity index (χ2n) is 4.25. The Morgan fingerprint density at radius 1 is 1.35 bits per heavy atom. The van der Waals surface area contributed by atoms with Gasteiger partial charge in [-0.25, -0.2) is 13.9 Å². The van der Waals surface area contributed by atoms with Gasteiger partial charge in [0, 0.05) is 11.8 Å². The zero-order chi connectivity index (χ0) is 14.1. The number of nitrogen functional groups attached to an aromatic ring is 1. The smallest absolute Gasteiger partial charge is 0.191 e. The number of rotatable bonds is 3. The molecule has 0 bridgehead atoms. The van der Waals surface area contributed by atoms with Crippen LogP contribution in [0, 0.1) is 5.82 Å². The summed E-state index contributed by atoms with van der Waals surface area (Å²) in [5.41, 5.74) is 7.32. The van der Waals surface area contributed by atoms with E-state index in [0.717, 1.165) is 0 Å². The lowest BCUT2D eigenvalue weighted by molar-refractivity contribution is 0.342. The Hall–Kier alpha value is -2.63. The maximum absolute atomic E-state index is 13.6. The van der Waals surface area contributed by atoms with Gasteiger partial charge in [0.1, 0.15) is 5.75 Å². The lowest BCUT2D eigenvalue weighted by Crippen LogP contribution is -1.97. The van der Waals surface area contributed by atoms with Crippen molar-refractivity contribution in [1.82, 2.24) is 14.6 Å². The van der Waals surface area contributed by atoms with Crippen LogP contribution in [0.4, 0.5) is 10.1 Å². The van der Waals surface area contributed by atoms with E-state index in [-0.39, 0.29) is 5.65 Å². The van der Waals surface area contributed by atoms with Crippen LogP contribution in [0.2, 0.25) is 0 Å². The van der Waals surface area contributed by atoms with Gasteiger partial charge in [0.15, 0.2) is 17.3 Å². The summed E-state index contributed by atoms with van der Waals surface area (Å²) in [7, 11) is 0. The Morgan fingerprint density at radius 3 is 2.90 bits per heavy atom. The molecule has 0 amide bonds. The molecule has 3 aromatic rings. The van der Waals surface area contributed by atoms with Gasteiger partial charge in [-0.2, -0.15) is 0 Å². The normalized spacial score (nSPS) is 10.9. The molecule has 0 saturated carbocycles. The standard InChI is InChI=1S/C14H13FN4O/c1-2-20-12-6-5-9(8-11(12)16)13-17-14-10(15)4-3-7-19(14)18-13/h3-8H,2,16H2,1H3. The average molecular weight is 272 g/mol. The van der Waals surface area contributed by atoms with Gasteiger partial charge < -0.3 is 10.5 Å². The van der Waals surface area contributed by atoms with Crippen LogP contribution in [0.1, 0.15) is 6.92 Å². The van der Waals surface area contributed by atoms with Crippen LogP contribution in [0.3, 0.4) is 0 Å². The van der Waals surface area contributed by atoms with Crippen LogP contribution in [0.5, 0.6) is 5.75 Å². The predicted octanol–water partition coefficient (Wildman–Crippen LogP) is 2.52.